The minimum atomic E-state index is -0.0553. The van der Waals surface area contributed by atoms with Crippen LogP contribution in [-0.2, 0) is 11.2 Å². The van der Waals surface area contributed by atoms with Gasteiger partial charge >= 0.3 is 0 Å². The average Bonchev–Trinajstić information content (AvgIpc) is 2.96. The number of fused-ring (bicyclic) bond motifs is 1. The van der Waals surface area contributed by atoms with E-state index in [-0.39, 0.29) is 17.1 Å². The van der Waals surface area contributed by atoms with Crippen molar-refractivity contribution in [1.82, 2.24) is 15.3 Å². The Bertz CT molecular complexity index is 624. The molecule has 1 amide bonds. The number of nitrogens with one attached hydrogen (secondary N) is 1. The Morgan fingerprint density at radius 3 is 2.83 bits per heavy atom. The lowest BCUT2D eigenvalue weighted by Crippen LogP contribution is -2.33. The molecule has 1 aromatic heterocycles. The molecule has 1 fully saturated rings. The lowest BCUT2D eigenvalue weighted by molar-refractivity contribution is -0.119. The zero-order valence-corrected chi connectivity index (χ0v) is 14.5. The van der Waals surface area contributed by atoms with Crippen LogP contribution in [0.25, 0.3) is 0 Å². The van der Waals surface area contributed by atoms with Crippen molar-refractivity contribution < 1.29 is 9.59 Å². The van der Waals surface area contributed by atoms with Crippen LogP contribution in [0.4, 0.5) is 0 Å². The molecule has 0 saturated heterocycles. The predicted octanol–water partition coefficient (Wildman–Crippen LogP) is 2.78. The first-order chi connectivity index (χ1) is 10.9. The van der Waals surface area contributed by atoms with Crippen LogP contribution < -0.4 is 5.32 Å². The van der Waals surface area contributed by atoms with Gasteiger partial charge in [0.2, 0.25) is 5.91 Å². The molecule has 0 atom stereocenters. The highest BCUT2D eigenvalue weighted by Gasteiger charge is 2.32. The van der Waals surface area contributed by atoms with Crippen molar-refractivity contribution in [2.45, 2.75) is 63.6 Å². The summed E-state index contributed by atoms with van der Waals surface area (Å²) in [4.78, 5) is 32.9. The third kappa shape index (κ3) is 4.10. The summed E-state index contributed by atoms with van der Waals surface area (Å²) in [5, 5.41) is 3.64. The number of hydrogen-bond donors (Lipinski definition) is 1. The van der Waals surface area contributed by atoms with E-state index in [1.807, 2.05) is 0 Å². The van der Waals surface area contributed by atoms with Gasteiger partial charge < -0.3 is 5.32 Å². The van der Waals surface area contributed by atoms with Crippen LogP contribution in [0.2, 0.25) is 0 Å². The molecule has 124 valence electrons. The fourth-order valence-corrected chi connectivity index (χ4v) is 4.00. The highest BCUT2D eigenvalue weighted by molar-refractivity contribution is 7.99. The van der Waals surface area contributed by atoms with Gasteiger partial charge in [-0.15, -0.1) is 0 Å². The number of thioether (sulfide) groups is 1. The lowest BCUT2D eigenvalue weighted by atomic mass is 9.76. The van der Waals surface area contributed by atoms with Gasteiger partial charge in [0.1, 0.15) is 0 Å². The van der Waals surface area contributed by atoms with Crippen molar-refractivity contribution in [1.29, 1.82) is 0 Å². The quantitative estimate of drug-likeness (QED) is 0.677. The Balaban J connectivity index is 1.61. The monoisotopic (exact) mass is 333 g/mol. The second kappa shape index (κ2) is 6.59. The van der Waals surface area contributed by atoms with E-state index in [0.717, 1.165) is 25.0 Å². The summed E-state index contributed by atoms with van der Waals surface area (Å²) in [6.07, 6.45) is 7.52. The molecule has 0 spiro atoms. The molecule has 23 heavy (non-hydrogen) atoms. The van der Waals surface area contributed by atoms with Gasteiger partial charge in [0.05, 0.1) is 17.0 Å². The predicted molar refractivity (Wildman–Crippen MR) is 89.6 cm³/mol. The maximum absolute atomic E-state index is 12.1. The molecular formula is C17H23N3O2S. The van der Waals surface area contributed by atoms with Gasteiger partial charge in [0, 0.05) is 18.7 Å². The van der Waals surface area contributed by atoms with Crippen molar-refractivity contribution in [2.24, 2.45) is 5.41 Å². The maximum atomic E-state index is 12.1. The molecule has 0 radical (unpaired) electrons. The Kier molecular flexibility index (Phi) is 4.71. The largest absolute Gasteiger partial charge is 0.353 e. The summed E-state index contributed by atoms with van der Waals surface area (Å²) in [6, 6.07) is 0.339. The summed E-state index contributed by atoms with van der Waals surface area (Å²) < 4.78 is 0. The van der Waals surface area contributed by atoms with Crippen molar-refractivity contribution in [3.8, 4) is 0 Å². The molecule has 2 aliphatic carbocycles. The summed E-state index contributed by atoms with van der Waals surface area (Å²) in [5.74, 6) is 0.485. The molecule has 1 aromatic rings. The van der Waals surface area contributed by atoms with Crippen LogP contribution in [0, 0.1) is 5.41 Å². The average molecular weight is 333 g/mol. The standard InChI is InChI=1S/C17H23N3O2S/c1-17(2)7-13-12(14(21)8-17)9-18-16(20-13)23-10-15(22)19-11-5-3-4-6-11/h9,11H,3-8,10H2,1-2H3,(H,19,22). The molecule has 1 N–H and O–H groups in total. The van der Waals surface area contributed by atoms with E-state index >= 15 is 0 Å². The van der Waals surface area contributed by atoms with Crippen molar-refractivity contribution >= 4 is 23.5 Å². The number of carbonyl (C=O) groups excluding carboxylic acids is 2. The molecule has 0 unspecified atom stereocenters. The van der Waals surface area contributed by atoms with Crippen LogP contribution >= 0.6 is 11.8 Å². The topological polar surface area (TPSA) is 72.0 Å². The zero-order chi connectivity index (χ0) is 16.4. The van der Waals surface area contributed by atoms with Gasteiger partial charge in [-0.25, -0.2) is 9.97 Å². The molecule has 3 rings (SSSR count). The van der Waals surface area contributed by atoms with Crippen LogP contribution in [0.3, 0.4) is 0 Å². The second-order valence-electron chi connectivity index (χ2n) is 7.29. The SMILES string of the molecule is CC1(C)CC(=O)c2cnc(SCC(=O)NC3CCCC3)nc2C1. The molecule has 0 aliphatic heterocycles. The Morgan fingerprint density at radius 2 is 2.09 bits per heavy atom. The van der Waals surface area contributed by atoms with Crippen molar-refractivity contribution in [3.63, 3.8) is 0 Å². The number of carbonyl (C=O) groups is 2. The normalized spacial score (nSPS) is 20.3. The summed E-state index contributed by atoms with van der Waals surface area (Å²) in [6.45, 7) is 4.16. The van der Waals surface area contributed by atoms with E-state index < -0.39 is 0 Å². The number of amides is 1. The lowest BCUT2D eigenvalue weighted by Gasteiger charge is -2.29. The van der Waals surface area contributed by atoms with E-state index in [4.69, 9.17) is 0 Å². The van der Waals surface area contributed by atoms with Gasteiger partial charge in [0.15, 0.2) is 10.9 Å². The highest BCUT2D eigenvalue weighted by Crippen LogP contribution is 2.34. The molecular weight excluding hydrogens is 310 g/mol. The zero-order valence-electron chi connectivity index (χ0n) is 13.7. The van der Waals surface area contributed by atoms with Gasteiger partial charge in [-0.05, 0) is 24.7 Å². The van der Waals surface area contributed by atoms with Crippen LogP contribution in [0.5, 0.6) is 0 Å². The molecule has 0 bridgehead atoms. The van der Waals surface area contributed by atoms with E-state index in [1.54, 1.807) is 6.20 Å². The molecule has 5 nitrogen and oxygen atoms in total. The number of hydrogen-bond acceptors (Lipinski definition) is 5. The molecule has 6 heteroatoms. The van der Waals surface area contributed by atoms with Crippen LogP contribution in [0.1, 0.15) is 62.0 Å². The minimum absolute atomic E-state index is 0.0413. The Morgan fingerprint density at radius 1 is 1.35 bits per heavy atom. The smallest absolute Gasteiger partial charge is 0.230 e. The van der Waals surface area contributed by atoms with Gasteiger partial charge in [0.25, 0.3) is 0 Å². The van der Waals surface area contributed by atoms with Crippen molar-refractivity contribution in [3.05, 3.63) is 17.5 Å². The van der Waals surface area contributed by atoms with Crippen LogP contribution in [-0.4, -0.2) is 33.5 Å². The minimum Gasteiger partial charge on any atom is -0.353 e. The van der Waals surface area contributed by atoms with Gasteiger partial charge in [-0.3, -0.25) is 9.59 Å². The number of aromatic nitrogens is 2. The third-order valence-electron chi connectivity index (χ3n) is 4.48. The number of Topliss-reactive ketones (excluding diaryl/α,β-unsaturated/α-hetero) is 1. The summed E-state index contributed by atoms with van der Waals surface area (Å²) >= 11 is 1.34. The number of nitrogens with zero attached hydrogens (tertiary/aromatic N) is 2. The highest BCUT2D eigenvalue weighted by atomic mass is 32.2. The van der Waals surface area contributed by atoms with Crippen molar-refractivity contribution in [2.75, 3.05) is 5.75 Å². The van der Waals surface area contributed by atoms with E-state index in [2.05, 4.69) is 29.1 Å². The first kappa shape index (κ1) is 16.4. The Hall–Kier alpha value is -1.43. The van der Waals surface area contributed by atoms with E-state index in [9.17, 15) is 9.59 Å². The number of ketones is 1. The van der Waals surface area contributed by atoms with E-state index in [1.165, 1.54) is 24.6 Å². The van der Waals surface area contributed by atoms with E-state index in [0.29, 0.717) is 28.9 Å². The van der Waals surface area contributed by atoms with Crippen LogP contribution in [0.15, 0.2) is 11.4 Å². The summed E-state index contributed by atoms with van der Waals surface area (Å²) in [7, 11) is 0. The molecule has 2 aliphatic rings. The first-order valence-corrected chi connectivity index (χ1v) is 9.23. The second-order valence-corrected chi connectivity index (χ2v) is 8.23. The molecule has 1 saturated carbocycles. The number of rotatable bonds is 4. The first-order valence-electron chi connectivity index (χ1n) is 8.24. The fourth-order valence-electron chi connectivity index (χ4n) is 3.35. The fraction of sp³-hybridized carbons (Fsp3) is 0.647. The Labute approximate surface area is 141 Å². The van der Waals surface area contributed by atoms with Gasteiger partial charge in [-0.1, -0.05) is 38.5 Å². The summed E-state index contributed by atoms with van der Waals surface area (Å²) in [5.41, 5.74) is 1.41. The van der Waals surface area contributed by atoms with Gasteiger partial charge in [-0.2, -0.15) is 0 Å². The maximum Gasteiger partial charge on any atom is 0.230 e. The molecule has 0 aromatic carbocycles. The molecule has 1 heterocycles. The third-order valence-corrected chi connectivity index (χ3v) is 5.35.